The van der Waals surface area contributed by atoms with Crippen LogP contribution in [-0.4, -0.2) is 18.3 Å². The fourth-order valence-corrected chi connectivity index (χ4v) is 3.58. The third kappa shape index (κ3) is 33.5. The van der Waals surface area contributed by atoms with Crippen LogP contribution in [0.15, 0.2) is 0 Å². The Morgan fingerprint density at radius 1 is 0.393 bits per heavy atom. The molecule has 0 radical (unpaired) electrons. The molecule has 0 saturated heterocycles. The maximum Gasteiger partial charge on any atom is 0.0431 e. The fourth-order valence-electron chi connectivity index (χ4n) is 3.58. The van der Waals surface area contributed by atoms with Crippen molar-refractivity contribution in [2.24, 2.45) is 5.73 Å². The highest BCUT2D eigenvalue weighted by molar-refractivity contribution is 4.49. The van der Waals surface area contributed by atoms with Crippen molar-refractivity contribution in [3.63, 3.8) is 0 Å². The Morgan fingerprint density at radius 2 is 0.643 bits per heavy atom. The minimum absolute atomic E-state index is 0.373. The van der Waals surface area contributed by atoms with E-state index in [4.69, 9.17) is 10.8 Å². The molecule has 0 saturated carbocycles. The monoisotopic (exact) mass is 399 g/mol. The average Bonchev–Trinajstić information content (AvgIpc) is 2.71. The summed E-state index contributed by atoms with van der Waals surface area (Å²) in [5.41, 5.74) is 5.39. The quantitative estimate of drug-likeness (QED) is 0.179. The highest BCUT2D eigenvalue weighted by atomic mass is 16.2. The lowest BCUT2D eigenvalue weighted by Crippen LogP contribution is -1.97. The molecule has 172 valence electrons. The molecule has 0 atom stereocenters. The summed E-state index contributed by atoms with van der Waals surface area (Å²) in [6.45, 7) is 5.78. The van der Waals surface area contributed by atoms with Crippen LogP contribution in [0.2, 0.25) is 0 Å². The van der Waals surface area contributed by atoms with E-state index in [1.54, 1.807) is 0 Å². The molecule has 0 aromatic rings. The Balaban J connectivity index is 0. The van der Waals surface area contributed by atoms with Gasteiger partial charge in [-0.25, -0.2) is 0 Å². The summed E-state index contributed by atoms with van der Waals surface area (Å²) in [6.07, 6.45) is 30.2. The summed E-state index contributed by atoms with van der Waals surface area (Å²) in [6, 6.07) is 0. The number of hydrogen-bond donors (Lipinski definition) is 2. The SMILES string of the molecule is CCCCCCCCCCCCCCCCO.CCCCCCCCCCN. The summed E-state index contributed by atoms with van der Waals surface area (Å²) < 4.78 is 0. The molecule has 2 nitrogen and oxygen atoms in total. The molecule has 2 heteroatoms. The highest BCUT2D eigenvalue weighted by Crippen LogP contribution is 2.12. The van der Waals surface area contributed by atoms with Crippen LogP contribution in [0, 0.1) is 0 Å². The van der Waals surface area contributed by atoms with E-state index in [1.807, 2.05) is 0 Å². The Labute approximate surface area is 179 Å². The molecule has 0 rings (SSSR count). The number of rotatable bonds is 22. The summed E-state index contributed by atoms with van der Waals surface area (Å²) >= 11 is 0. The molecule has 28 heavy (non-hydrogen) atoms. The zero-order valence-electron chi connectivity index (χ0n) is 20.0. The molecular formula is C26H57NO. The van der Waals surface area contributed by atoms with Gasteiger partial charge in [-0.15, -0.1) is 0 Å². The van der Waals surface area contributed by atoms with E-state index < -0.39 is 0 Å². The van der Waals surface area contributed by atoms with Crippen molar-refractivity contribution in [3.05, 3.63) is 0 Å². The van der Waals surface area contributed by atoms with Crippen LogP contribution < -0.4 is 5.73 Å². The minimum Gasteiger partial charge on any atom is -0.396 e. The zero-order chi connectivity index (χ0) is 21.0. The Morgan fingerprint density at radius 3 is 0.893 bits per heavy atom. The van der Waals surface area contributed by atoms with E-state index in [2.05, 4.69) is 13.8 Å². The van der Waals surface area contributed by atoms with Gasteiger partial charge in [0, 0.05) is 6.61 Å². The van der Waals surface area contributed by atoms with Crippen LogP contribution in [-0.2, 0) is 0 Å². The van der Waals surface area contributed by atoms with Crippen molar-refractivity contribution in [2.75, 3.05) is 13.2 Å². The maximum atomic E-state index is 8.64. The predicted molar refractivity (Wildman–Crippen MR) is 129 cm³/mol. The van der Waals surface area contributed by atoms with Crippen molar-refractivity contribution in [1.29, 1.82) is 0 Å². The van der Waals surface area contributed by atoms with E-state index in [-0.39, 0.29) is 0 Å². The lowest BCUT2D eigenvalue weighted by Gasteiger charge is -2.02. The van der Waals surface area contributed by atoms with Crippen LogP contribution in [0.3, 0.4) is 0 Å². The molecule has 0 unspecified atom stereocenters. The lowest BCUT2D eigenvalue weighted by atomic mass is 10.0. The minimum atomic E-state index is 0.373. The van der Waals surface area contributed by atoms with Gasteiger partial charge >= 0.3 is 0 Å². The van der Waals surface area contributed by atoms with Gasteiger partial charge in [0.1, 0.15) is 0 Å². The van der Waals surface area contributed by atoms with Crippen molar-refractivity contribution in [2.45, 2.75) is 155 Å². The first kappa shape index (κ1) is 30.1. The highest BCUT2D eigenvalue weighted by Gasteiger charge is 1.93. The van der Waals surface area contributed by atoms with Crippen LogP contribution in [0.1, 0.15) is 155 Å². The van der Waals surface area contributed by atoms with Crippen LogP contribution in [0.5, 0.6) is 0 Å². The van der Waals surface area contributed by atoms with Gasteiger partial charge in [-0.3, -0.25) is 0 Å². The largest absolute Gasteiger partial charge is 0.396 e. The van der Waals surface area contributed by atoms with Gasteiger partial charge in [-0.2, -0.15) is 0 Å². The lowest BCUT2D eigenvalue weighted by molar-refractivity contribution is 0.282. The van der Waals surface area contributed by atoms with E-state index in [1.165, 1.54) is 135 Å². The smallest absolute Gasteiger partial charge is 0.0431 e. The normalized spacial score (nSPS) is 10.7. The molecule has 0 heterocycles. The number of nitrogens with two attached hydrogens (primary N) is 1. The topological polar surface area (TPSA) is 46.2 Å². The summed E-state index contributed by atoms with van der Waals surface area (Å²) in [5.74, 6) is 0. The van der Waals surface area contributed by atoms with Gasteiger partial charge in [0.15, 0.2) is 0 Å². The molecule has 0 amide bonds. The van der Waals surface area contributed by atoms with Crippen LogP contribution >= 0.6 is 0 Å². The fraction of sp³-hybridized carbons (Fsp3) is 1.00. The molecular weight excluding hydrogens is 342 g/mol. The van der Waals surface area contributed by atoms with Crippen molar-refractivity contribution in [3.8, 4) is 0 Å². The van der Waals surface area contributed by atoms with E-state index >= 15 is 0 Å². The van der Waals surface area contributed by atoms with E-state index in [9.17, 15) is 0 Å². The van der Waals surface area contributed by atoms with Gasteiger partial charge in [0.2, 0.25) is 0 Å². The maximum absolute atomic E-state index is 8.64. The number of aliphatic hydroxyl groups is 1. The summed E-state index contributed by atoms with van der Waals surface area (Å²) in [5, 5.41) is 8.64. The number of hydrogen-bond acceptors (Lipinski definition) is 2. The molecule has 0 aliphatic rings. The second kappa shape index (κ2) is 31.6. The number of aliphatic hydroxyl groups excluding tert-OH is 1. The molecule has 3 N–H and O–H groups in total. The first-order valence-corrected chi connectivity index (χ1v) is 13.1. The van der Waals surface area contributed by atoms with Crippen LogP contribution in [0.25, 0.3) is 0 Å². The zero-order valence-corrected chi connectivity index (χ0v) is 20.0. The van der Waals surface area contributed by atoms with Crippen molar-refractivity contribution in [1.82, 2.24) is 0 Å². The Kier molecular flexibility index (Phi) is 34.0. The molecule has 0 aromatic heterocycles. The number of unbranched alkanes of at least 4 members (excludes halogenated alkanes) is 20. The average molecular weight is 400 g/mol. The van der Waals surface area contributed by atoms with Gasteiger partial charge in [0.05, 0.1) is 0 Å². The molecule has 0 aromatic carbocycles. The van der Waals surface area contributed by atoms with Gasteiger partial charge < -0.3 is 10.8 Å². The van der Waals surface area contributed by atoms with E-state index in [0.717, 1.165) is 13.0 Å². The third-order valence-electron chi connectivity index (χ3n) is 5.57. The van der Waals surface area contributed by atoms with Gasteiger partial charge in [-0.1, -0.05) is 142 Å². The molecule has 0 fully saturated rings. The Hall–Kier alpha value is -0.0800. The molecule has 0 aliphatic heterocycles. The Bertz CT molecular complexity index is 210. The molecule has 0 aliphatic carbocycles. The third-order valence-corrected chi connectivity index (χ3v) is 5.57. The summed E-state index contributed by atoms with van der Waals surface area (Å²) in [4.78, 5) is 0. The molecule has 0 bridgehead atoms. The van der Waals surface area contributed by atoms with Gasteiger partial charge in [-0.05, 0) is 19.4 Å². The first-order chi connectivity index (χ1) is 13.8. The van der Waals surface area contributed by atoms with E-state index in [0.29, 0.717) is 6.61 Å². The standard InChI is InChI=1S/C16H34O.C10H23N/c1-2-3-4-5-6-7-8-9-10-11-12-13-14-15-16-17;1-2-3-4-5-6-7-8-9-10-11/h17H,2-16H2,1H3;2-11H2,1H3. The second-order valence-electron chi connectivity index (χ2n) is 8.58. The van der Waals surface area contributed by atoms with Gasteiger partial charge in [0.25, 0.3) is 0 Å². The summed E-state index contributed by atoms with van der Waals surface area (Å²) in [7, 11) is 0. The van der Waals surface area contributed by atoms with Crippen molar-refractivity contribution >= 4 is 0 Å². The van der Waals surface area contributed by atoms with Crippen LogP contribution in [0.4, 0.5) is 0 Å². The van der Waals surface area contributed by atoms with Crippen molar-refractivity contribution < 1.29 is 5.11 Å². The first-order valence-electron chi connectivity index (χ1n) is 13.1. The molecule has 0 spiro atoms. The second-order valence-corrected chi connectivity index (χ2v) is 8.58. The predicted octanol–water partition coefficient (Wildman–Crippen LogP) is 8.55.